The first kappa shape index (κ1) is 17.0. The van der Waals surface area contributed by atoms with Gasteiger partial charge in [0.05, 0.1) is 12.6 Å². The van der Waals surface area contributed by atoms with E-state index in [0.29, 0.717) is 18.4 Å². The van der Waals surface area contributed by atoms with Crippen molar-refractivity contribution in [1.82, 2.24) is 10.2 Å². The summed E-state index contributed by atoms with van der Waals surface area (Å²) < 4.78 is 0. The first-order valence-electron chi connectivity index (χ1n) is 9.02. The zero-order valence-electron chi connectivity index (χ0n) is 15.0. The Bertz CT molecular complexity index is 697. The van der Waals surface area contributed by atoms with Gasteiger partial charge in [0.15, 0.2) is 0 Å². The Morgan fingerprint density at radius 1 is 1.12 bits per heavy atom. The van der Waals surface area contributed by atoms with E-state index in [2.05, 4.69) is 67.4 Å². The highest BCUT2D eigenvalue weighted by molar-refractivity contribution is 5.87. The molecule has 2 aromatic rings. The van der Waals surface area contributed by atoms with E-state index in [1.165, 1.54) is 22.8 Å². The molecule has 1 amide bonds. The largest absolute Gasteiger partial charge is 0.348 e. The number of fused-ring (bicyclic) bond motifs is 1. The van der Waals surface area contributed by atoms with Gasteiger partial charge < -0.3 is 5.32 Å². The third-order valence-corrected chi connectivity index (χ3v) is 4.98. The molecule has 0 unspecified atom stereocenters. The van der Waals surface area contributed by atoms with E-state index in [1.807, 2.05) is 6.07 Å². The molecule has 3 atom stereocenters. The van der Waals surface area contributed by atoms with E-state index in [1.54, 1.807) is 0 Å². The minimum Gasteiger partial charge on any atom is -0.348 e. The molecule has 1 heterocycles. The Labute approximate surface area is 145 Å². The molecule has 1 aliphatic rings. The van der Waals surface area contributed by atoms with Gasteiger partial charge in [-0.15, -0.1) is 0 Å². The van der Waals surface area contributed by atoms with Gasteiger partial charge in [-0.25, -0.2) is 0 Å². The number of nitrogens with one attached hydrogen (secondary N) is 1. The Morgan fingerprint density at radius 2 is 1.79 bits per heavy atom. The van der Waals surface area contributed by atoms with Crippen LogP contribution in [0.5, 0.6) is 0 Å². The average Bonchev–Trinajstić information content (AvgIpc) is 2.53. The predicted molar refractivity (Wildman–Crippen MR) is 99.9 cm³/mol. The summed E-state index contributed by atoms with van der Waals surface area (Å²) in [5.41, 5.74) is 1.18. The van der Waals surface area contributed by atoms with Crippen LogP contribution in [0.2, 0.25) is 0 Å². The topological polar surface area (TPSA) is 32.3 Å². The minimum atomic E-state index is 0.0169. The molecular weight excluding hydrogens is 296 g/mol. The highest BCUT2D eigenvalue weighted by atomic mass is 16.2. The van der Waals surface area contributed by atoms with Gasteiger partial charge in [0.25, 0.3) is 0 Å². The molecule has 3 rings (SSSR count). The van der Waals surface area contributed by atoms with Crippen molar-refractivity contribution in [2.45, 2.75) is 33.2 Å². The van der Waals surface area contributed by atoms with Crippen LogP contribution in [-0.4, -0.2) is 30.4 Å². The molecule has 0 bridgehead atoms. The lowest BCUT2D eigenvalue weighted by Crippen LogP contribution is -2.44. The maximum Gasteiger partial charge on any atom is 0.234 e. The summed E-state index contributed by atoms with van der Waals surface area (Å²) in [6.45, 7) is 9.18. The van der Waals surface area contributed by atoms with Crippen molar-refractivity contribution in [3.8, 4) is 0 Å². The summed E-state index contributed by atoms with van der Waals surface area (Å²) in [6.07, 6.45) is 1.27. The van der Waals surface area contributed by atoms with E-state index in [-0.39, 0.29) is 11.9 Å². The van der Waals surface area contributed by atoms with Gasteiger partial charge in [-0.2, -0.15) is 0 Å². The summed E-state index contributed by atoms with van der Waals surface area (Å²) in [5, 5.41) is 5.62. The first-order chi connectivity index (χ1) is 11.5. The van der Waals surface area contributed by atoms with Crippen molar-refractivity contribution in [3.63, 3.8) is 0 Å². The Morgan fingerprint density at radius 3 is 2.54 bits per heavy atom. The number of piperidine rings is 1. The second-order valence-corrected chi connectivity index (χ2v) is 7.50. The van der Waals surface area contributed by atoms with Crippen molar-refractivity contribution < 1.29 is 4.79 Å². The van der Waals surface area contributed by atoms with Crippen LogP contribution in [-0.2, 0) is 4.79 Å². The second-order valence-electron chi connectivity index (χ2n) is 7.50. The number of nitrogens with zero attached hydrogens (tertiary/aromatic N) is 1. The molecular formula is C21H28N2O. The van der Waals surface area contributed by atoms with Gasteiger partial charge in [-0.3, -0.25) is 9.69 Å². The molecule has 3 heteroatoms. The monoisotopic (exact) mass is 324 g/mol. The number of carbonyl (C=O) groups excluding carboxylic acids is 1. The summed E-state index contributed by atoms with van der Waals surface area (Å²) in [7, 11) is 0. The van der Waals surface area contributed by atoms with E-state index >= 15 is 0 Å². The number of hydrogen-bond donors (Lipinski definition) is 1. The number of benzene rings is 2. The number of hydrogen-bond acceptors (Lipinski definition) is 2. The molecule has 0 spiro atoms. The SMILES string of the molecule is C[C@@H]1C[C@@H](C)CN(CC(=O)N[C@@H](C)c2cccc3ccccc23)C1. The van der Waals surface area contributed by atoms with Crippen molar-refractivity contribution in [2.75, 3.05) is 19.6 Å². The van der Waals surface area contributed by atoms with E-state index in [0.717, 1.165) is 13.1 Å². The molecule has 0 aromatic heterocycles. The lowest BCUT2D eigenvalue weighted by molar-refractivity contribution is -0.123. The standard InChI is InChI=1S/C21H28N2O/c1-15-11-16(2)13-23(12-15)14-21(24)22-17(3)19-10-6-8-18-7-4-5-9-20(18)19/h4-10,15-17H,11-14H2,1-3H3,(H,22,24)/t15-,16-,17+/m1/s1. The van der Waals surface area contributed by atoms with Crippen molar-refractivity contribution >= 4 is 16.7 Å². The number of amides is 1. The quantitative estimate of drug-likeness (QED) is 0.922. The average molecular weight is 324 g/mol. The van der Waals surface area contributed by atoms with Gasteiger partial charge in [-0.05, 0) is 41.5 Å². The molecule has 128 valence electrons. The fraction of sp³-hybridized carbons (Fsp3) is 0.476. The molecule has 0 saturated carbocycles. The Hall–Kier alpha value is -1.87. The summed E-state index contributed by atoms with van der Waals surface area (Å²) in [5.74, 6) is 1.48. The third-order valence-electron chi connectivity index (χ3n) is 4.98. The molecule has 0 radical (unpaired) electrons. The van der Waals surface area contributed by atoms with Gasteiger partial charge in [0.1, 0.15) is 0 Å². The van der Waals surface area contributed by atoms with Gasteiger partial charge in [0, 0.05) is 13.1 Å². The number of rotatable bonds is 4. The number of likely N-dealkylation sites (tertiary alicyclic amines) is 1. The highest BCUT2D eigenvalue weighted by Crippen LogP contribution is 2.24. The molecule has 2 aromatic carbocycles. The summed E-state index contributed by atoms with van der Waals surface area (Å²) in [4.78, 5) is 14.8. The van der Waals surface area contributed by atoms with Crippen LogP contribution >= 0.6 is 0 Å². The van der Waals surface area contributed by atoms with Crippen molar-refractivity contribution in [2.24, 2.45) is 11.8 Å². The maximum absolute atomic E-state index is 12.5. The van der Waals surface area contributed by atoms with Crippen molar-refractivity contribution in [1.29, 1.82) is 0 Å². The van der Waals surface area contributed by atoms with Crippen LogP contribution in [0, 0.1) is 11.8 Å². The molecule has 0 aliphatic carbocycles. The van der Waals surface area contributed by atoms with Gasteiger partial charge in [-0.1, -0.05) is 56.3 Å². The van der Waals surface area contributed by atoms with Gasteiger partial charge >= 0.3 is 0 Å². The van der Waals surface area contributed by atoms with Crippen LogP contribution in [0.3, 0.4) is 0 Å². The van der Waals surface area contributed by atoms with Crippen LogP contribution in [0.1, 0.15) is 38.8 Å². The smallest absolute Gasteiger partial charge is 0.234 e. The lowest BCUT2D eigenvalue weighted by atomic mass is 9.92. The lowest BCUT2D eigenvalue weighted by Gasteiger charge is -2.34. The van der Waals surface area contributed by atoms with Gasteiger partial charge in [0.2, 0.25) is 5.91 Å². The first-order valence-corrected chi connectivity index (χ1v) is 9.02. The zero-order chi connectivity index (χ0) is 17.1. The fourth-order valence-electron chi connectivity index (χ4n) is 4.12. The van der Waals surface area contributed by atoms with Crippen LogP contribution in [0.15, 0.2) is 42.5 Å². The van der Waals surface area contributed by atoms with Crippen molar-refractivity contribution in [3.05, 3.63) is 48.0 Å². The molecule has 1 aliphatic heterocycles. The third kappa shape index (κ3) is 3.96. The highest BCUT2D eigenvalue weighted by Gasteiger charge is 2.23. The van der Waals surface area contributed by atoms with Crippen LogP contribution in [0.25, 0.3) is 10.8 Å². The van der Waals surface area contributed by atoms with Crippen LogP contribution in [0.4, 0.5) is 0 Å². The van der Waals surface area contributed by atoms with E-state index < -0.39 is 0 Å². The fourth-order valence-corrected chi connectivity index (χ4v) is 4.12. The molecule has 3 nitrogen and oxygen atoms in total. The Balaban J connectivity index is 1.65. The molecule has 1 N–H and O–H groups in total. The van der Waals surface area contributed by atoms with E-state index in [9.17, 15) is 4.79 Å². The maximum atomic E-state index is 12.5. The number of carbonyl (C=O) groups is 1. The molecule has 24 heavy (non-hydrogen) atoms. The van der Waals surface area contributed by atoms with E-state index in [4.69, 9.17) is 0 Å². The normalized spacial score (nSPS) is 23.1. The predicted octanol–water partition coefficient (Wildman–Crippen LogP) is 3.99. The minimum absolute atomic E-state index is 0.0169. The second kappa shape index (κ2) is 7.35. The Kier molecular flexibility index (Phi) is 5.20. The molecule has 1 fully saturated rings. The summed E-state index contributed by atoms with van der Waals surface area (Å²) in [6, 6.07) is 14.6. The molecule has 1 saturated heterocycles. The van der Waals surface area contributed by atoms with Crippen LogP contribution < -0.4 is 5.32 Å². The summed E-state index contributed by atoms with van der Waals surface area (Å²) >= 11 is 0. The zero-order valence-corrected chi connectivity index (χ0v) is 15.0.